The number of benzene rings is 1. The Balaban J connectivity index is 1.80. The predicted octanol–water partition coefficient (Wildman–Crippen LogP) is -0.958. The molecular weight excluding hydrogens is 208 g/mol. The highest BCUT2D eigenvalue weighted by Gasteiger charge is 2.28. The first-order valence-corrected chi connectivity index (χ1v) is 5.21. The van der Waals surface area contributed by atoms with Gasteiger partial charge < -0.3 is 15.0 Å². The highest BCUT2D eigenvalue weighted by Crippen LogP contribution is 2.01. The molecule has 2 unspecified atom stereocenters. The number of hydroxylamine groups is 2. The van der Waals surface area contributed by atoms with Crippen molar-refractivity contribution in [3.63, 3.8) is 0 Å². The molecule has 2 rings (SSSR count). The molecule has 2 atom stereocenters. The molecular formula is C11H14N2O3. The molecule has 0 aromatic heterocycles. The summed E-state index contributed by atoms with van der Waals surface area (Å²) < 4.78 is 5.11. The van der Waals surface area contributed by atoms with Gasteiger partial charge in [0, 0.05) is 0 Å². The molecule has 0 aliphatic carbocycles. The fourth-order valence-corrected chi connectivity index (χ4v) is 1.61. The second kappa shape index (κ2) is 5.07. The zero-order valence-corrected chi connectivity index (χ0v) is 8.81. The molecule has 1 heterocycles. The van der Waals surface area contributed by atoms with Crippen LogP contribution >= 0.6 is 0 Å². The highest BCUT2D eigenvalue weighted by molar-refractivity contribution is 5.76. The van der Waals surface area contributed by atoms with Crippen LogP contribution in [0.5, 0.6) is 0 Å². The van der Waals surface area contributed by atoms with Crippen molar-refractivity contribution in [3.05, 3.63) is 41.1 Å². The van der Waals surface area contributed by atoms with Gasteiger partial charge in [0.15, 0.2) is 6.04 Å². The molecule has 1 aliphatic rings. The molecule has 1 aromatic rings. The molecule has 0 radical (unpaired) electrons. The Morgan fingerprint density at radius 1 is 1.50 bits per heavy atom. The molecule has 1 saturated heterocycles. The maximum atomic E-state index is 11.5. The molecule has 0 saturated carbocycles. The number of carbonyl (C=O) groups is 1. The summed E-state index contributed by atoms with van der Waals surface area (Å²) in [6, 6.07) is 9.00. The number of nitrogens with one attached hydrogen (secondary N) is 2. The fourth-order valence-electron chi connectivity index (χ4n) is 1.61. The van der Waals surface area contributed by atoms with E-state index < -0.39 is 6.04 Å². The Kier molecular flexibility index (Phi) is 3.51. The van der Waals surface area contributed by atoms with Crippen molar-refractivity contribution in [2.45, 2.75) is 12.6 Å². The van der Waals surface area contributed by atoms with Crippen molar-refractivity contribution < 1.29 is 14.6 Å². The van der Waals surface area contributed by atoms with Crippen LogP contribution in [0.2, 0.25) is 0 Å². The Bertz CT molecular complexity index is 356. The van der Waals surface area contributed by atoms with Gasteiger partial charge in [0.2, 0.25) is 0 Å². The lowest BCUT2D eigenvalue weighted by Gasteiger charge is -2.12. The van der Waals surface area contributed by atoms with Gasteiger partial charge >= 0.3 is 5.97 Å². The largest absolute Gasteiger partial charge is 0.633 e. The van der Waals surface area contributed by atoms with Crippen molar-refractivity contribution >= 4 is 5.97 Å². The molecule has 5 nitrogen and oxygen atoms in total. The molecule has 2 N–H and O–H groups in total. The quantitative estimate of drug-likeness (QED) is 0.511. The number of esters is 1. The summed E-state index contributed by atoms with van der Waals surface area (Å²) in [6.45, 7) is 0.769. The summed E-state index contributed by atoms with van der Waals surface area (Å²) in [7, 11) is 0. The van der Waals surface area contributed by atoms with E-state index in [1.807, 2.05) is 30.3 Å². The molecule has 86 valence electrons. The third kappa shape index (κ3) is 2.79. The topological polar surface area (TPSA) is 65.8 Å². The van der Waals surface area contributed by atoms with Crippen molar-refractivity contribution in [2.24, 2.45) is 0 Å². The summed E-state index contributed by atoms with van der Waals surface area (Å²) in [5.41, 5.74) is 0.945. The van der Waals surface area contributed by atoms with Crippen LogP contribution in [0.3, 0.4) is 0 Å². The minimum Gasteiger partial charge on any atom is -0.633 e. The van der Waals surface area contributed by atoms with E-state index in [-0.39, 0.29) is 30.9 Å². The minimum atomic E-state index is -0.462. The van der Waals surface area contributed by atoms with E-state index in [1.54, 1.807) is 0 Å². The zero-order chi connectivity index (χ0) is 11.4. The molecule has 16 heavy (non-hydrogen) atoms. The van der Waals surface area contributed by atoms with Crippen LogP contribution in [0.25, 0.3) is 0 Å². The van der Waals surface area contributed by atoms with Gasteiger partial charge in [-0.2, -0.15) is 0 Å². The van der Waals surface area contributed by atoms with Gasteiger partial charge in [-0.15, -0.1) is 0 Å². The maximum absolute atomic E-state index is 11.5. The first kappa shape index (κ1) is 11.1. The number of quaternary nitrogens is 1. The average molecular weight is 222 g/mol. The number of hydrogen-bond acceptors (Lipinski definition) is 4. The van der Waals surface area contributed by atoms with Crippen LogP contribution in [0.15, 0.2) is 30.3 Å². The summed E-state index contributed by atoms with van der Waals surface area (Å²) in [4.78, 5) is 11.5. The number of carbonyl (C=O) groups excluding carboxylic acids is 1. The second-order valence-corrected chi connectivity index (χ2v) is 3.77. The lowest BCUT2D eigenvalue weighted by atomic mass is 10.2. The predicted molar refractivity (Wildman–Crippen MR) is 57.2 cm³/mol. The number of rotatable bonds is 3. The van der Waals surface area contributed by atoms with Crippen LogP contribution < -0.4 is 10.4 Å². The molecule has 0 spiro atoms. The Labute approximate surface area is 93.6 Å². The Morgan fingerprint density at radius 2 is 2.25 bits per heavy atom. The maximum Gasteiger partial charge on any atom is 0.329 e. The number of ether oxygens (including phenoxy) is 1. The van der Waals surface area contributed by atoms with Gasteiger partial charge in [-0.25, -0.2) is 0 Å². The van der Waals surface area contributed by atoms with Crippen LogP contribution in [0.4, 0.5) is 0 Å². The highest BCUT2D eigenvalue weighted by atomic mass is 16.5. The van der Waals surface area contributed by atoms with E-state index in [1.165, 1.54) is 0 Å². The standard InChI is InChI=1S/C11H14N2O3/c14-11(10-6-13(15)8-12-10)16-7-9-4-2-1-3-5-9/h1-5,10,12-13H,6-8H2. The second-order valence-electron chi connectivity index (χ2n) is 3.77. The summed E-state index contributed by atoms with van der Waals surface area (Å²) in [6.07, 6.45) is 0. The van der Waals surface area contributed by atoms with Crippen LogP contribution in [0, 0.1) is 5.21 Å². The summed E-state index contributed by atoms with van der Waals surface area (Å²) in [5, 5.41) is 13.8. The third-order valence-electron chi connectivity index (χ3n) is 2.49. The van der Waals surface area contributed by atoms with Gasteiger partial charge in [-0.05, 0) is 5.56 Å². The third-order valence-corrected chi connectivity index (χ3v) is 2.49. The summed E-state index contributed by atoms with van der Waals surface area (Å²) >= 11 is 0. The van der Waals surface area contributed by atoms with Crippen LogP contribution in [-0.4, -0.2) is 25.2 Å². The van der Waals surface area contributed by atoms with Gasteiger partial charge in [0.05, 0.1) is 0 Å². The van der Waals surface area contributed by atoms with Gasteiger partial charge in [-0.3, -0.25) is 10.1 Å². The Morgan fingerprint density at radius 3 is 2.88 bits per heavy atom. The molecule has 1 aliphatic heterocycles. The van der Waals surface area contributed by atoms with E-state index in [0.717, 1.165) is 5.56 Å². The van der Waals surface area contributed by atoms with E-state index in [0.29, 0.717) is 0 Å². The lowest BCUT2D eigenvalue weighted by molar-refractivity contribution is -0.835. The zero-order valence-electron chi connectivity index (χ0n) is 8.81. The summed E-state index contributed by atoms with van der Waals surface area (Å²) in [5.74, 6) is -0.352. The van der Waals surface area contributed by atoms with E-state index in [4.69, 9.17) is 4.74 Å². The SMILES string of the molecule is O=C(OCc1ccccc1)C1C[NH+]([O-])CN1. The molecule has 0 bridgehead atoms. The van der Waals surface area contributed by atoms with Crippen molar-refractivity contribution in [3.8, 4) is 0 Å². The van der Waals surface area contributed by atoms with Crippen LogP contribution in [-0.2, 0) is 16.1 Å². The van der Waals surface area contributed by atoms with Gasteiger partial charge in [-0.1, -0.05) is 30.3 Å². The van der Waals surface area contributed by atoms with E-state index in [9.17, 15) is 10.0 Å². The van der Waals surface area contributed by atoms with Gasteiger partial charge in [0.25, 0.3) is 0 Å². The molecule has 5 heteroatoms. The van der Waals surface area contributed by atoms with Crippen molar-refractivity contribution in [1.82, 2.24) is 5.32 Å². The number of hydrogen-bond donors (Lipinski definition) is 2. The molecule has 1 aromatic carbocycles. The van der Waals surface area contributed by atoms with E-state index in [2.05, 4.69) is 5.32 Å². The normalized spacial score (nSPS) is 24.3. The minimum absolute atomic E-state index is 0.0571. The molecule has 0 amide bonds. The van der Waals surface area contributed by atoms with Crippen LogP contribution in [0.1, 0.15) is 5.56 Å². The van der Waals surface area contributed by atoms with Crippen molar-refractivity contribution in [2.75, 3.05) is 13.2 Å². The lowest BCUT2D eigenvalue weighted by Crippen LogP contribution is -3.06. The first-order valence-electron chi connectivity index (χ1n) is 5.21. The average Bonchev–Trinajstić information content (AvgIpc) is 2.74. The monoisotopic (exact) mass is 222 g/mol. The first-order chi connectivity index (χ1) is 7.75. The molecule has 1 fully saturated rings. The smallest absolute Gasteiger partial charge is 0.329 e. The van der Waals surface area contributed by atoms with E-state index >= 15 is 0 Å². The Hall–Kier alpha value is -1.43. The van der Waals surface area contributed by atoms with Crippen molar-refractivity contribution in [1.29, 1.82) is 0 Å². The fraction of sp³-hybridized carbons (Fsp3) is 0.364. The van der Waals surface area contributed by atoms with Gasteiger partial charge in [0.1, 0.15) is 19.8 Å².